The zero-order valence-electron chi connectivity index (χ0n) is 10.5. The fourth-order valence-corrected chi connectivity index (χ4v) is 2.62. The summed E-state index contributed by atoms with van der Waals surface area (Å²) in [6, 6.07) is 4.98. The predicted octanol–water partition coefficient (Wildman–Crippen LogP) is 3.42. The molecule has 2 nitrogen and oxygen atoms in total. The number of nitrogens with zero attached hydrogens (tertiary/aromatic N) is 1. The van der Waals surface area contributed by atoms with Gasteiger partial charge in [0.15, 0.2) is 0 Å². The van der Waals surface area contributed by atoms with E-state index in [4.69, 9.17) is 11.6 Å². The summed E-state index contributed by atoms with van der Waals surface area (Å²) in [5.41, 5.74) is 0.613. The Hall–Kier alpha value is -0.930. The Labute approximate surface area is 112 Å². The number of carbonyl (C=O) groups is 1. The minimum Gasteiger partial charge on any atom is -0.300 e. The molecule has 1 aromatic rings. The summed E-state index contributed by atoms with van der Waals surface area (Å²) in [7, 11) is 1.97. The number of ketones is 1. The van der Waals surface area contributed by atoms with Gasteiger partial charge in [-0.3, -0.25) is 9.69 Å². The number of rotatable bonds is 3. The maximum Gasteiger partial charge on any atom is 0.133 e. The van der Waals surface area contributed by atoms with Gasteiger partial charge in [-0.1, -0.05) is 11.6 Å². The standard InChI is InChI=1S/C14H17ClFNO/c1-17(12-3-5-13(18)6-4-12)9-10-8-11(15)2-7-14(10)16/h2,7-8,12H,3-6,9H2,1H3. The first-order chi connectivity index (χ1) is 8.56. The lowest BCUT2D eigenvalue weighted by molar-refractivity contribution is -0.121. The van der Waals surface area contributed by atoms with Crippen LogP contribution in [0.15, 0.2) is 18.2 Å². The van der Waals surface area contributed by atoms with Gasteiger partial charge >= 0.3 is 0 Å². The Morgan fingerprint density at radius 2 is 2.06 bits per heavy atom. The molecular formula is C14H17ClFNO. The van der Waals surface area contributed by atoms with Crippen LogP contribution in [0.25, 0.3) is 0 Å². The molecule has 0 heterocycles. The van der Waals surface area contributed by atoms with Crippen LogP contribution in [0.4, 0.5) is 4.39 Å². The highest BCUT2D eigenvalue weighted by Gasteiger charge is 2.22. The van der Waals surface area contributed by atoms with Crippen LogP contribution in [0.1, 0.15) is 31.2 Å². The van der Waals surface area contributed by atoms with E-state index in [0.717, 1.165) is 12.8 Å². The highest BCUT2D eigenvalue weighted by Crippen LogP contribution is 2.22. The van der Waals surface area contributed by atoms with Crippen molar-refractivity contribution < 1.29 is 9.18 Å². The highest BCUT2D eigenvalue weighted by molar-refractivity contribution is 6.30. The highest BCUT2D eigenvalue weighted by atomic mass is 35.5. The zero-order chi connectivity index (χ0) is 13.1. The van der Waals surface area contributed by atoms with Gasteiger partial charge < -0.3 is 0 Å². The molecule has 0 N–H and O–H groups in total. The van der Waals surface area contributed by atoms with E-state index in [1.165, 1.54) is 6.07 Å². The van der Waals surface area contributed by atoms with E-state index in [0.29, 0.717) is 41.8 Å². The van der Waals surface area contributed by atoms with Crippen molar-refractivity contribution in [1.82, 2.24) is 4.90 Å². The third kappa shape index (κ3) is 3.30. The van der Waals surface area contributed by atoms with Crippen molar-refractivity contribution in [3.8, 4) is 0 Å². The maximum absolute atomic E-state index is 13.6. The summed E-state index contributed by atoms with van der Waals surface area (Å²) in [4.78, 5) is 13.3. The van der Waals surface area contributed by atoms with Gasteiger partial charge in [-0.05, 0) is 38.1 Å². The van der Waals surface area contributed by atoms with Crippen LogP contribution in [0.5, 0.6) is 0 Å². The first-order valence-corrected chi connectivity index (χ1v) is 6.60. The molecule has 0 aromatic heterocycles. The number of benzene rings is 1. The average Bonchev–Trinajstić information content (AvgIpc) is 2.34. The van der Waals surface area contributed by atoms with E-state index < -0.39 is 0 Å². The van der Waals surface area contributed by atoms with E-state index in [9.17, 15) is 9.18 Å². The summed E-state index contributed by atoms with van der Waals surface area (Å²) in [6.45, 7) is 0.533. The molecule has 0 radical (unpaired) electrons. The van der Waals surface area contributed by atoms with Crippen LogP contribution in [0, 0.1) is 5.82 Å². The van der Waals surface area contributed by atoms with E-state index in [1.54, 1.807) is 12.1 Å². The van der Waals surface area contributed by atoms with Crippen molar-refractivity contribution >= 4 is 17.4 Å². The van der Waals surface area contributed by atoms with E-state index in [1.807, 2.05) is 7.05 Å². The van der Waals surface area contributed by atoms with Gasteiger partial charge in [0, 0.05) is 36.0 Å². The van der Waals surface area contributed by atoms with Crippen molar-refractivity contribution in [2.45, 2.75) is 38.3 Å². The van der Waals surface area contributed by atoms with Crippen molar-refractivity contribution in [1.29, 1.82) is 0 Å². The van der Waals surface area contributed by atoms with E-state index >= 15 is 0 Å². The minimum atomic E-state index is -0.224. The Kier molecular flexibility index (Phi) is 4.36. The predicted molar refractivity (Wildman–Crippen MR) is 70.1 cm³/mol. The van der Waals surface area contributed by atoms with Crippen LogP contribution >= 0.6 is 11.6 Å². The Bertz CT molecular complexity index is 439. The zero-order valence-corrected chi connectivity index (χ0v) is 11.2. The summed E-state index contributed by atoms with van der Waals surface area (Å²) in [5.74, 6) is 0.117. The summed E-state index contributed by atoms with van der Waals surface area (Å²) >= 11 is 5.88. The number of hydrogen-bond donors (Lipinski definition) is 0. The van der Waals surface area contributed by atoms with Crippen LogP contribution in [-0.2, 0) is 11.3 Å². The summed E-state index contributed by atoms with van der Waals surface area (Å²) in [5, 5.41) is 0.554. The fourth-order valence-electron chi connectivity index (χ4n) is 2.43. The van der Waals surface area contributed by atoms with E-state index in [2.05, 4.69) is 4.90 Å². The molecule has 98 valence electrons. The van der Waals surface area contributed by atoms with Crippen molar-refractivity contribution in [2.24, 2.45) is 0 Å². The second-order valence-electron chi connectivity index (χ2n) is 4.92. The van der Waals surface area contributed by atoms with Crippen molar-refractivity contribution in [3.05, 3.63) is 34.6 Å². The molecule has 1 aromatic carbocycles. The smallest absolute Gasteiger partial charge is 0.133 e. The van der Waals surface area contributed by atoms with Crippen LogP contribution in [0.2, 0.25) is 5.02 Å². The topological polar surface area (TPSA) is 20.3 Å². The first kappa shape index (κ1) is 13.5. The molecule has 0 bridgehead atoms. The van der Waals surface area contributed by atoms with Gasteiger partial charge in [-0.2, -0.15) is 0 Å². The lowest BCUT2D eigenvalue weighted by atomic mass is 9.93. The Balaban J connectivity index is 2.00. The normalized spacial score (nSPS) is 17.4. The molecule has 18 heavy (non-hydrogen) atoms. The van der Waals surface area contributed by atoms with Crippen LogP contribution in [-0.4, -0.2) is 23.8 Å². The molecule has 0 saturated heterocycles. The second kappa shape index (κ2) is 5.81. The number of hydrogen-bond acceptors (Lipinski definition) is 2. The fraction of sp³-hybridized carbons (Fsp3) is 0.500. The number of halogens is 2. The van der Waals surface area contributed by atoms with Gasteiger partial charge in [0.2, 0.25) is 0 Å². The lowest BCUT2D eigenvalue weighted by Crippen LogP contribution is -2.35. The third-order valence-corrected chi connectivity index (χ3v) is 3.80. The van der Waals surface area contributed by atoms with Gasteiger partial charge in [-0.25, -0.2) is 4.39 Å². The largest absolute Gasteiger partial charge is 0.300 e. The van der Waals surface area contributed by atoms with Gasteiger partial charge in [0.25, 0.3) is 0 Å². The SMILES string of the molecule is CN(Cc1cc(Cl)ccc1F)C1CCC(=O)CC1. The average molecular weight is 270 g/mol. The van der Waals surface area contributed by atoms with Crippen LogP contribution < -0.4 is 0 Å². The third-order valence-electron chi connectivity index (χ3n) is 3.56. The molecule has 4 heteroatoms. The molecule has 1 saturated carbocycles. The Morgan fingerprint density at radius 3 is 2.72 bits per heavy atom. The molecule has 0 aliphatic heterocycles. The molecule has 0 atom stereocenters. The van der Waals surface area contributed by atoms with Gasteiger partial charge in [0.1, 0.15) is 11.6 Å². The molecule has 1 fully saturated rings. The first-order valence-electron chi connectivity index (χ1n) is 6.22. The molecule has 1 aliphatic carbocycles. The lowest BCUT2D eigenvalue weighted by Gasteiger charge is -2.30. The summed E-state index contributed by atoms with van der Waals surface area (Å²) in [6.07, 6.45) is 3.04. The number of carbonyl (C=O) groups excluding carboxylic acids is 1. The maximum atomic E-state index is 13.6. The molecule has 0 unspecified atom stereocenters. The molecule has 2 rings (SSSR count). The van der Waals surface area contributed by atoms with Gasteiger partial charge in [0.05, 0.1) is 0 Å². The number of Topliss-reactive ketones (excluding diaryl/α,β-unsaturated/α-hetero) is 1. The minimum absolute atomic E-state index is 0.224. The quantitative estimate of drug-likeness (QED) is 0.838. The summed E-state index contributed by atoms with van der Waals surface area (Å²) < 4.78 is 13.6. The van der Waals surface area contributed by atoms with Crippen molar-refractivity contribution in [2.75, 3.05) is 7.05 Å². The molecular weight excluding hydrogens is 253 g/mol. The molecule has 1 aliphatic rings. The van der Waals surface area contributed by atoms with Gasteiger partial charge in [-0.15, -0.1) is 0 Å². The molecule has 0 spiro atoms. The van der Waals surface area contributed by atoms with E-state index in [-0.39, 0.29) is 5.82 Å². The molecule has 0 amide bonds. The Morgan fingerprint density at radius 1 is 1.39 bits per heavy atom. The van der Waals surface area contributed by atoms with Crippen molar-refractivity contribution in [3.63, 3.8) is 0 Å². The monoisotopic (exact) mass is 269 g/mol. The second-order valence-corrected chi connectivity index (χ2v) is 5.36. The van der Waals surface area contributed by atoms with Crippen LogP contribution in [0.3, 0.4) is 0 Å².